The third-order valence-corrected chi connectivity index (χ3v) is 4.91. The lowest BCUT2D eigenvalue weighted by molar-refractivity contribution is -0.137. The molecule has 0 saturated heterocycles. The molecule has 36 heavy (non-hydrogen) atoms. The zero-order valence-electron chi connectivity index (χ0n) is 20.0. The monoisotopic (exact) mass is 502 g/mol. The van der Waals surface area contributed by atoms with E-state index in [1.807, 2.05) is 0 Å². The largest absolute Gasteiger partial charge is 0.456 e. The second-order valence-corrected chi connectivity index (χ2v) is 9.10. The number of aromatic nitrogens is 2. The first-order chi connectivity index (χ1) is 16.6. The van der Waals surface area contributed by atoms with Crippen molar-refractivity contribution >= 4 is 17.6 Å². The molecule has 1 heterocycles. The van der Waals surface area contributed by atoms with Crippen molar-refractivity contribution in [3.63, 3.8) is 0 Å². The number of nitrogens with zero attached hydrogens (tertiary/aromatic N) is 2. The minimum atomic E-state index is -4.60. The zero-order valence-corrected chi connectivity index (χ0v) is 20.0. The van der Waals surface area contributed by atoms with Crippen LogP contribution in [0, 0.1) is 0 Å². The first-order valence-electron chi connectivity index (χ1n) is 10.9. The molecule has 3 N–H and O–H groups in total. The van der Waals surface area contributed by atoms with E-state index < -0.39 is 40.8 Å². The van der Waals surface area contributed by atoms with Gasteiger partial charge in [0.1, 0.15) is 11.3 Å². The lowest BCUT2D eigenvalue weighted by atomic mass is 10.0. The van der Waals surface area contributed by atoms with Crippen LogP contribution in [0.5, 0.6) is 0 Å². The molecule has 0 aliphatic rings. The summed E-state index contributed by atoms with van der Waals surface area (Å²) in [6.07, 6.45) is -4.60. The molecular formula is C25H25F3N4O4. The highest BCUT2D eigenvalue weighted by Crippen LogP contribution is 2.32. The van der Waals surface area contributed by atoms with E-state index in [9.17, 15) is 27.6 Å². The zero-order chi connectivity index (χ0) is 26.8. The van der Waals surface area contributed by atoms with Crippen LogP contribution in [0.1, 0.15) is 65.7 Å². The molecule has 0 aliphatic heterocycles. The number of ether oxygens (including phenoxy) is 1. The van der Waals surface area contributed by atoms with Gasteiger partial charge in [-0.05, 0) is 75.7 Å². The predicted molar refractivity (Wildman–Crippen MR) is 127 cm³/mol. The van der Waals surface area contributed by atoms with Crippen molar-refractivity contribution in [3.8, 4) is 5.69 Å². The van der Waals surface area contributed by atoms with E-state index in [0.717, 1.165) is 22.9 Å². The van der Waals surface area contributed by atoms with E-state index in [1.54, 1.807) is 20.8 Å². The molecule has 3 rings (SSSR count). The van der Waals surface area contributed by atoms with Gasteiger partial charge in [0.05, 0.1) is 22.9 Å². The van der Waals surface area contributed by atoms with Gasteiger partial charge in [-0.2, -0.15) is 23.0 Å². The molecule has 2 aromatic carbocycles. The summed E-state index contributed by atoms with van der Waals surface area (Å²) in [6.45, 7) is 6.65. The van der Waals surface area contributed by atoms with E-state index in [-0.39, 0.29) is 28.2 Å². The number of carbonyl (C=O) groups is 2. The van der Waals surface area contributed by atoms with Crippen LogP contribution in [0.2, 0.25) is 0 Å². The number of nitrogens with one attached hydrogen (secondary N) is 1. The van der Waals surface area contributed by atoms with Crippen molar-refractivity contribution in [1.29, 1.82) is 0 Å². The van der Waals surface area contributed by atoms with Gasteiger partial charge < -0.3 is 15.8 Å². The van der Waals surface area contributed by atoms with Crippen LogP contribution in [-0.2, 0) is 10.9 Å². The lowest BCUT2D eigenvalue weighted by Gasteiger charge is -2.19. The molecule has 1 atom stereocenters. The van der Waals surface area contributed by atoms with E-state index in [0.29, 0.717) is 0 Å². The minimum absolute atomic E-state index is 0.0996. The standard InChI is InChI=1S/C25H25F3N4O4/c1-14(16-10-17(25(26,27)28)13-18(29)11-16)30-22(34)20-8-9-21(33)32(31-20)19-7-5-6-15(12-19)23(35)36-24(2,3)4/h5-14H,29H2,1-4H3,(H,30,34). The van der Waals surface area contributed by atoms with Crippen LogP contribution in [0.15, 0.2) is 59.4 Å². The smallest absolute Gasteiger partial charge is 0.416 e. The first-order valence-corrected chi connectivity index (χ1v) is 10.9. The van der Waals surface area contributed by atoms with Crippen molar-refractivity contribution in [2.75, 3.05) is 5.73 Å². The average Bonchev–Trinajstić information content (AvgIpc) is 2.77. The van der Waals surface area contributed by atoms with Gasteiger partial charge >= 0.3 is 12.1 Å². The highest BCUT2D eigenvalue weighted by molar-refractivity contribution is 5.92. The van der Waals surface area contributed by atoms with Crippen molar-refractivity contribution in [3.05, 3.63) is 87.3 Å². The summed E-state index contributed by atoms with van der Waals surface area (Å²) in [7, 11) is 0. The third kappa shape index (κ3) is 6.49. The summed E-state index contributed by atoms with van der Waals surface area (Å²) in [6, 6.07) is 10.5. The summed E-state index contributed by atoms with van der Waals surface area (Å²) in [5.41, 5.74) is 3.67. The molecule has 3 aromatic rings. The van der Waals surface area contributed by atoms with Crippen LogP contribution in [0.4, 0.5) is 18.9 Å². The number of halogens is 3. The molecule has 0 spiro atoms. The molecule has 0 aliphatic carbocycles. The van der Waals surface area contributed by atoms with Crippen molar-refractivity contribution in [2.45, 2.75) is 45.5 Å². The molecule has 190 valence electrons. The molecular weight excluding hydrogens is 477 g/mol. The third-order valence-electron chi connectivity index (χ3n) is 4.91. The fourth-order valence-electron chi connectivity index (χ4n) is 3.26. The van der Waals surface area contributed by atoms with Crippen LogP contribution in [0.3, 0.4) is 0 Å². The number of anilines is 1. The molecule has 0 fully saturated rings. The molecule has 0 saturated carbocycles. The number of carbonyl (C=O) groups excluding carboxylic acids is 2. The van der Waals surface area contributed by atoms with Crippen molar-refractivity contribution in [2.24, 2.45) is 0 Å². The van der Waals surface area contributed by atoms with Crippen LogP contribution in [0.25, 0.3) is 5.69 Å². The quantitative estimate of drug-likeness (QED) is 0.397. The fourth-order valence-corrected chi connectivity index (χ4v) is 3.26. The number of rotatable bonds is 5. The number of alkyl halides is 3. The highest BCUT2D eigenvalue weighted by atomic mass is 19.4. The summed E-state index contributed by atoms with van der Waals surface area (Å²) in [5.74, 6) is -1.32. The molecule has 0 bridgehead atoms. The Kier molecular flexibility index (Phi) is 7.23. The van der Waals surface area contributed by atoms with E-state index >= 15 is 0 Å². The number of esters is 1. The van der Waals surface area contributed by atoms with Gasteiger partial charge in [-0.15, -0.1) is 0 Å². The maximum absolute atomic E-state index is 13.1. The van der Waals surface area contributed by atoms with E-state index in [4.69, 9.17) is 10.5 Å². The highest BCUT2D eigenvalue weighted by Gasteiger charge is 2.31. The van der Waals surface area contributed by atoms with Crippen LogP contribution in [-0.4, -0.2) is 27.3 Å². The Bertz CT molecular complexity index is 1360. The Balaban J connectivity index is 1.87. The second-order valence-electron chi connectivity index (χ2n) is 9.10. The predicted octanol–water partition coefficient (Wildman–Crippen LogP) is 4.28. The number of nitrogens with two attached hydrogens (primary N) is 1. The summed E-state index contributed by atoms with van der Waals surface area (Å²) < 4.78 is 45.7. The maximum Gasteiger partial charge on any atom is 0.416 e. The first kappa shape index (κ1) is 26.5. The molecule has 1 unspecified atom stereocenters. The van der Waals surface area contributed by atoms with Gasteiger partial charge in [0, 0.05) is 11.8 Å². The van der Waals surface area contributed by atoms with Gasteiger partial charge in [0.15, 0.2) is 0 Å². The Morgan fingerprint density at radius 2 is 1.75 bits per heavy atom. The van der Waals surface area contributed by atoms with E-state index in [2.05, 4.69) is 10.4 Å². The normalized spacial score (nSPS) is 12.6. The van der Waals surface area contributed by atoms with Crippen molar-refractivity contribution in [1.82, 2.24) is 15.1 Å². The van der Waals surface area contributed by atoms with Gasteiger partial charge in [0.25, 0.3) is 11.5 Å². The molecule has 0 radical (unpaired) electrons. The van der Waals surface area contributed by atoms with Gasteiger partial charge in [-0.1, -0.05) is 6.07 Å². The van der Waals surface area contributed by atoms with Crippen LogP contribution >= 0.6 is 0 Å². The average molecular weight is 502 g/mol. The summed E-state index contributed by atoms with van der Waals surface area (Å²) >= 11 is 0. The number of nitrogen functional groups attached to an aromatic ring is 1. The second kappa shape index (κ2) is 9.84. The maximum atomic E-state index is 13.1. The summed E-state index contributed by atoms with van der Waals surface area (Å²) in [4.78, 5) is 37.7. The van der Waals surface area contributed by atoms with Gasteiger partial charge in [-0.25, -0.2) is 4.79 Å². The number of hydrogen-bond donors (Lipinski definition) is 2. The SMILES string of the molecule is CC(NC(=O)c1ccc(=O)n(-c2cccc(C(=O)OC(C)(C)C)c2)n1)c1cc(N)cc(C(F)(F)F)c1. The number of hydrogen-bond acceptors (Lipinski definition) is 6. The minimum Gasteiger partial charge on any atom is -0.456 e. The fraction of sp³-hybridized carbons (Fsp3) is 0.280. The number of amides is 1. The Labute approximate surface area is 204 Å². The van der Waals surface area contributed by atoms with Gasteiger partial charge in [-0.3, -0.25) is 9.59 Å². The molecule has 8 nitrogen and oxygen atoms in total. The molecule has 11 heteroatoms. The Morgan fingerprint density at radius 1 is 1.06 bits per heavy atom. The van der Waals surface area contributed by atoms with Crippen LogP contribution < -0.4 is 16.6 Å². The topological polar surface area (TPSA) is 116 Å². The molecule has 1 amide bonds. The lowest BCUT2D eigenvalue weighted by Crippen LogP contribution is -2.31. The Morgan fingerprint density at radius 3 is 2.39 bits per heavy atom. The summed E-state index contributed by atoms with van der Waals surface area (Å²) in [5, 5.41) is 6.63. The van der Waals surface area contributed by atoms with Gasteiger partial charge in [0.2, 0.25) is 0 Å². The van der Waals surface area contributed by atoms with E-state index in [1.165, 1.54) is 43.3 Å². The number of benzene rings is 2. The Hall–Kier alpha value is -4.15. The van der Waals surface area contributed by atoms with Crippen molar-refractivity contribution < 1.29 is 27.5 Å². The molecule has 1 aromatic heterocycles.